The topological polar surface area (TPSA) is 70.2 Å². The summed E-state index contributed by atoms with van der Waals surface area (Å²) < 4.78 is 0. The van der Waals surface area contributed by atoms with E-state index in [-0.39, 0.29) is 30.1 Å². The first-order chi connectivity index (χ1) is 11.6. The fourth-order valence-corrected chi connectivity index (χ4v) is 2.74. The molecule has 0 aliphatic carbocycles. The van der Waals surface area contributed by atoms with Crippen LogP contribution in [-0.4, -0.2) is 24.9 Å². The molecular formula is C19H22ClN3O2. The molecule has 2 aromatic rings. The maximum absolute atomic E-state index is 12.4. The van der Waals surface area contributed by atoms with Crippen LogP contribution in [0, 0.1) is 12.8 Å². The molecule has 1 atom stereocenters. The summed E-state index contributed by atoms with van der Waals surface area (Å²) in [5, 5.41) is 8.99. The van der Waals surface area contributed by atoms with E-state index in [0.717, 1.165) is 24.2 Å². The minimum atomic E-state index is -0.195. The molecule has 1 fully saturated rings. The highest BCUT2D eigenvalue weighted by molar-refractivity contribution is 6.05. The number of hydrogen-bond acceptors (Lipinski definition) is 3. The van der Waals surface area contributed by atoms with Gasteiger partial charge in [-0.25, -0.2) is 0 Å². The van der Waals surface area contributed by atoms with Gasteiger partial charge in [-0.3, -0.25) is 9.59 Å². The smallest absolute Gasteiger partial charge is 0.255 e. The second-order valence-electron chi connectivity index (χ2n) is 6.03. The minimum Gasteiger partial charge on any atom is -0.326 e. The van der Waals surface area contributed by atoms with Crippen molar-refractivity contribution >= 4 is 35.6 Å². The molecule has 5 nitrogen and oxygen atoms in total. The lowest BCUT2D eigenvalue weighted by atomic mass is 10.1. The first-order valence-corrected chi connectivity index (χ1v) is 8.12. The number of hydrogen-bond donors (Lipinski definition) is 3. The molecule has 0 radical (unpaired) electrons. The lowest BCUT2D eigenvalue weighted by molar-refractivity contribution is -0.119. The van der Waals surface area contributed by atoms with Crippen LogP contribution in [0.5, 0.6) is 0 Å². The highest BCUT2D eigenvalue weighted by Crippen LogP contribution is 2.20. The predicted octanol–water partition coefficient (Wildman–Crippen LogP) is 3.22. The standard InChI is InChI=1S/C19H21N3O2.ClH/c1-13-7-8-14(18(23)21-16-5-3-2-4-6-16)11-17(13)22-19(24)15-9-10-20-12-15;/h2-8,11,15,20H,9-10,12H2,1H3,(H,21,23)(H,22,24);1H. The number of nitrogens with one attached hydrogen (secondary N) is 3. The fourth-order valence-electron chi connectivity index (χ4n) is 2.74. The van der Waals surface area contributed by atoms with E-state index in [1.807, 2.05) is 43.3 Å². The summed E-state index contributed by atoms with van der Waals surface area (Å²) in [6.07, 6.45) is 0.846. The van der Waals surface area contributed by atoms with Crippen molar-refractivity contribution in [3.63, 3.8) is 0 Å². The Hall–Kier alpha value is -2.37. The second kappa shape index (κ2) is 8.65. The number of rotatable bonds is 4. The molecule has 1 aliphatic heterocycles. The fraction of sp³-hybridized carbons (Fsp3) is 0.263. The van der Waals surface area contributed by atoms with Crippen molar-refractivity contribution in [2.45, 2.75) is 13.3 Å². The van der Waals surface area contributed by atoms with Gasteiger partial charge < -0.3 is 16.0 Å². The molecule has 6 heteroatoms. The van der Waals surface area contributed by atoms with Crippen molar-refractivity contribution in [2.24, 2.45) is 5.92 Å². The van der Waals surface area contributed by atoms with Crippen molar-refractivity contribution in [1.82, 2.24) is 5.32 Å². The number of para-hydroxylation sites is 1. The average molecular weight is 360 g/mol. The summed E-state index contributed by atoms with van der Waals surface area (Å²) in [6, 6.07) is 14.6. The molecule has 0 saturated carbocycles. The zero-order valence-corrected chi connectivity index (χ0v) is 14.9. The third kappa shape index (κ3) is 4.81. The molecule has 132 valence electrons. The van der Waals surface area contributed by atoms with Crippen LogP contribution >= 0.6 is 12.4 Å². The molecule has 3 rings (SSSR count). The van der Waals surface area contributed by atoms with E-state index >= 15 is 0 Å². The van der Waals surface area contributed by atoms with Crippen LogP contribution in [-0.2, 0) is 4.79 Å². The molecule has 2 amide bonds. The number of halogens is 1. The van der Waals surface area contributed by atoms with Gasteiger partial charge in [0.05, 0.1) is 5.92 Å². The summed E-state index contributed by atoms with van der Waals surface area (Å²) >= 11 is 0. The van der Waals surface area contributed by atoms with Crippen molar-refractivity contribution in [1.29, 1.82) is 0 Å². The number of carbonyl (C=O) groups is 2. The van der Waals surface area contributed by atoms with Crippen LogP contribution in [0.3, 0.4) is 0 Å². The zero-order chi connectivity index (χ0) is 16.9. The summed E-state index contributed by atoms with van der Waals surface area (Å²) in [5.74, 6) is -0.200. The van der Waals surface area contributed by atoms with E-state index in [0.29, 0.717) is 17.8 Å². The Balaban J connectivity index is 0.00000225. The van der Waals surface area contributed by atoms with Crippen LogP contribution < -0.4 is 16.0 Å². The van der Waals surface area contributed by atoms with E-state index in [1.54, 1.807) is 12.1 Å². The number of carbonyl (C=O) groups excluding carboxylic acids is 2. The Kier molecular flexibility index (Phi) is 6.56. The van der Waals surface area contributed by atoms with Crippen LogP contribution in [0.2, 0.25) is 0 Å². The van der Waals surface area contributed by atoms with E-state index in [2.05, 4.69) is 16.0 Å². The summed E-state index contributed by atoms with van der Waals surface area (Å²) in [7, 11) is 0. The Morgan fingerprint density at radius 1 is 1.08 bits per heavy atom. The van der Waals surface area contributed by atoms with Crippen LogP contribution in [0.1, 0.15) is 22.3 Å². The highest BCUT2D eigenvalue weighted by atomic mass is 35.5. The van der Waals surface area contributed by atoms with Gasteiger partial charge >= 0.3 is 0 Å². The van der Waals surface area contributed by atoms with Crippen LogP contribution in [0.15, 0.2) is 48.5 Å². The maximum Gasteiger partial charge on any atom is 0.255 e. The van der Waals surface area contributed by atoms with E-state index < -0.39 is 0 Å². The molecule has 1 heterocycles. The molecule has 1 unspecified atom stereocenters. The number of benzene rings is 2. The van der Waals surface area contributed by atoms with E-state index in [9.17, 15) is 9.59 Å². The normalized spacial score (nSPS) is 16.0. The molecule has 1 saturated heterocycles. The van der Waals surface area contributed by atoms with Gasteiger partial charge in [0.1, 0.15) is 0 Å². The van der Waals surface area contributed by atoms with Gasteiger partial charge in [0.25, 0.3) is 5.91 Å². The molecule has 2 aromatic carbocycles. The lowest BCUT2D eigenvalue weighted by Gasteiger charge is -2.13. The van der Waals surface area contributed by atoms with Gasteiger partial charge in [0.2, 0.25) is 5.91 Å². The van der Waals surface area contributed by atoms with Gasteiger partial charge in [-0.05, 0) is 49.7 Å². The summed E-state index contributed by atoms with van der Waals surface area (Å²) in [5.41, 5.74) is 2.88. The molecule has 0 spiro atoms. The van der Waals surface area contributed by atoms with Gasteiger partial charge in [-0.15, -0.1) is 12.4 Å². The van der Waals surface area contributed by atoms with Crippen molar-refractivity contribution in [3.8, 4) is 0 Å². The quantitative estimate of drug-likeness (QED) is 0.785. The Labute approximate surface area is 153 Å². The average Bonchev–Trinajstić information content (AvgIpc) is 3.12. The number of anilines is 2. The highest BCUT2D eigenvalue weighted by Gasteiger charge is 2.23. The SMILES string of the molecule is Cc1ccc(C(=O)Nc2ccccc2)cc1NC(=O)C1CCNC1.Cl. The second-order valence-corrected chi connectivity index (χ2v) is 6.03. The first kappa shape index (κ1) is 19.0. The van der Waals surface area contributed by atoms with Crippen molar-refractivity contribution in [3.05, 3.63) is 59.7 Å². The summed E-state index contributed by atoms with van der Waals surface area (Å²) in [4.78, 5) is 24.7. The largest absolute Gasteiger partial charge is 0.326 e. The van der Waals surface area contributed by atoms with E-state index in [1.165, 1.54) is 0 Å². The van der Waals surface area contributed by atoms with Gasteiger partial charge in [0, 0.05) is 23.5 Å². The maximum atomic E-state index is 12.4. The molecule has 0 aromatic heterocycles. The number of aryl methyl sites for hydroxylation is 1. The first-order valence-electron chi connectivity index (χ1n) is 8.12. The zero-order valence-electron chi connectivity index (χ0n) is 14.0. The summed E-state index contributed by atoms with van der Waals surface area (Å²) in [6.45, 7) is 3.50. The Morgan fingerprint density at radius 3 is 2.52 bits per heavy atom. The van der Waals surface area contributed by atoms with Crippen molar-refractivity contribution in [2.75, 3.05) is 23.7 Å². The van der Waals surface area contributed by atoms with Crippen LogP contribution in [0.4, 0.5) is 11.4 Å². The number of amides is 2. The van der Waals surface area contributed by atoms with Gasteiger partial charge in [0.15, 0.2) is 0 Å². The Morgan fingerprint density at radius 2 is 1.84 bits per heavy atom. The van der Waals surface area contributed by atoms with Crippen molar-refractivity contribution < 1.29 is 9.59 Å². The third-order valence-corrected chi connectivity index (χ3v) is 4.22. The van der Waals surface area contributed by atoms with E-state index in [4.69, 9.17) is 0 Å². The minimum absolute atomic E-state index is 0. The third-order valence-electron chi connectivity index (χ3n) is 4.22. The lowest BCUT2D eigenvalue weighted by Crippen LogP contribution is -2.25. The Bertz CT molecular complexity index is 744. The van der Waals surface area contributed by atoms with Gasteiger partial charge in [-0.1, -0.05) is 24.3 Å². The monoisotopic (exact) mass is 359 g/mol. The molecular weight excluding hydrogens is 338 g/mol. The molecule has 1 aliphatic rings. The molecule has 0 bridgehead atoms. The molecule has 3 N–H and O–H groups in total. The molecule has 25 heavy (non-hydrogen) atoms. The van der Waals surface area contributed by atoms with Gasteiger partial charge in [-0.2, -0.15) is 0 Å². The predicted molar refractivity (Wildman–Crippen MR) is 102 cm³/mol. The van der Waals surface area contributed by atoms with Crippen LogP contribution in [0.25, 0.3) is 0 Å².